The van der Waals surface area contributed by atoms with E-state index in [9.17, 15) is 14.7 Å². The first-order valence-corrected chi connectivity index (χ1v) is 13.8. The summed E-state index contributed by atoms with van der Waals surface area (Å²) < 4.78 is 0. The van der Waals surface area contributed by atoms with Crippen LogP contribution in [0.3, 0.4) is 0 Å². The van der Waals surface area contributed by atoms with Crippen LogP contribution in [-0.4, -0.2) is 22.1 Å². The largest absolute Gasteiger partial charge is 0.372 e. The average Bonchev–Trinajstić information content (AvgIpc) is 3.38. The third-order valence-electron chi connectivity index (χ3n) is 7.12. The summed E-state index contributed by atoms with van der Waals surface area (Å²) in [6.07, 6.45) is 4.20. The molecule has 0 fully saturated rings. The molecule has 0 saturated carbocycles. The number of nitrogens with one attached hydrogen (secondary N) is 2. The zero-order valence-corrected chi connectivity index (χ0v) is 22.1. The summed E-state index contributed by atoms with van der Waals surface area (Å²) in [7, 11) is 0. The number of fused-ring (bicyclic) bond motifs is 1. The molecule has 3 amide bonds. The highest BCUT2D eigenvalue weighted by molar-refractivity contribution is 7.10. The highest BCUT2D eigenvalue weighted by Crippen LogP contribution is 2.35. The van der Waals surface area contributed by atoms with Gasteiger partial charge in [0, 0.05) is 10.3 Å². The third-order valence-corrected chi connectivity index (χ3v) is 8.21. The Hall–Kier alpha value is -3.94. The van der Waals surface area contributed by atoms with E-state index in [1.807, 2.05) is 54.8 Å². The van der Waals surface area contributed by atoms with E-state index >= 15 is 0 Å². The Kier molecular flexibility index (Phi) is 7.58. The van der Waals surface area contributed by atoms with Crippen LogP contribution in [0, 0.1) is 0 Å². The quantitative estimate of drug-likeness (QED) is 0.263. The van der Waals surface area contributed by atoms with Gasteiger partial charge in [0.1, 0.15) is 0 Å². The van der Waals surface area contributed by atoms with E-state index in [0.717, 1.165) is 36.9 Å². The van der Waals surface area contributed by atoms with Crippen LogP contribution >= 0.6 is 11.3 Å². The summed E-state index contributed by atoms with van der Waals surface area (Å²) in [6, 6.07) is 26.1. The van der Waals surface area contributed by atoms with Crippen LogP contribution in [0.2, 0.25) is 0 Å². The number of carbonyl (C=O) groups excluding carboxylic acids is 2. The molecule has 4 aromatic rings. The average molecular weight is 526 g/mol. The molecular weight excluding hydrogens is 494 g/mol. The standard InChI is InChI=1S/C31H31N3O3S/c1-22(23-13-5-2-6-14-23)34(30(36)32-27-21-38-28-20-12-11-19-26(27)28)33-29(35)31(37,24-15-7-3-8-16-24)25-17-9-4-10-18-25/h2-10,13-18,21-22,37H,11-12,19-20H2,1H3,(H,32,36)(H,33,35)/t22-/m1/s1. The number of aliphatic hydroxyl groups is 1. The lowest BCUT2D eigenvalue weighted by Crippen LogP contribution is -2.55. The summed E-state index contributed by atoms with van der Waals surface area (Å²) in [6.45, 7) is 1.85. The Bertz CT molecular complexity index is 1350. The van der Waals surface area contributed by atoms with Crippen molar-refractivity contribution in [2.75, 3.05) is 5.32 Å². The maximum Gasteiger partial charge on any atom is 0.341 e. The van der Waals surface area contributed by atoms with E-state index in [1.165, 1.54) is 15.4 Å². The van der Waals surface area contributed by atoms with Crippen molar-refractivity contribution >= 4 is 29.0 Å². The Labute approximate surface area is 226 Å². The summed E-state index contributed by atoms with van der Waals surface area (Å²) in [5.74, 6) is -0.722. The van der Waals surface area contributed by atoms with Gasteiger partial charge in [-0.2, -0.15) is 0 Å². The van der Waals surface area contributed by atoms with Gasteiger partial charge < -0.3 is 10.4 Å². The molecule has 3 N–H and O–H groups in total. The molecule has 0 spiro atoms. The number of hydrogen-bond donors (Lipinski definition) is 3. The predicted octanol–water partition coefficient (Wildman–Crippen LogP) is 6.19. The molecule has 0 saturated heterocycles. The fourth-order valence-corrected chi connectivity index (χ4v) is 6.03. The number of nitrogens with zero attached hydrogens (tertiary/aromatic N) is 1. The third kappa shape index (κ3) is 5.08. The normalized spacial score (nSPS) is 13.7. The maximum atomic E-state index is 14.0. The van der Waals surface area contributed by atoms with Crippen LogP contribution in [0.1, 0.15) is 52.9 Å². The number of urea groups is 1. The van der Waals surface area contributed by atoms with Crippen LogP contribution in [0.5, 0.6) is 0 Å². The number of amides is 3. The second-order valence-corrected chi connectivity index (χ2v) is 10.5. The lowest BCUT2D eigenvalue weighted by Gasteiger charge is -2.34. The van der Waals surface area contributed by atoms with Crippen LogP contribution < -0.4 is 10.7 Å². The number of carbonyl (C=O) groups is 2. The van der Waals surface area contributed by atoms with E-state index in [2.05, 4.69) is 10.7 Å². The molecule has 0 radical (unpaired) electrons. The molecule has 0 bridgehead atoms. The van der Waals surface area contributed by atoms with E-state index in [-0.39, 0.29) is 0 Å². The van der Waals surface area contributed by atoms with Gasteiger partial charge in [0.25, 0.3) is 5.91 Å². The summed E-state index contributed by atoms with van der Waals surface area (Å²) in [4.78, 5) is 29.0. The van der Waals surface area contributed by atoms with Crippen molar-refractivity contribution in [2.45, 2.75) is 44.2 Å². The Morgan fingerprint density at radius 2 is 1.42 bits per heavy atom. The molecule has 3 aromatic carbocycles. The van der Waals surface area contributed by atoms with Gasteiger partial charge in [0.2, 0.25) is 0 Å². The maximum absolute atomic E-state index is 14.0. The highest BCUT2D eigenvalue weighted by Gasteiger charge is 2.42. The Morgan fingerprint density at radius 1 is 0.868 bits per heavy atom. The predicted molar refractivity (Wildman–Crippen MR) is 151 cm³/mol. The number of aryl methyl sites for hydroxylation is 1. The second kappa shape index (κ2) is 11.2. The molecule has 0 unspecified atom stereocenters. The molecule has 1 aliphatic rings. The number of anilines is 1. The molecular formula is C31H31N3O3S. The zero-order chi connectivity index (χ0) is 26.5. The Morgan fingerprint density at radius 3 is 2.03 bits per heavy atom. The first-order chi connectivity index (χ1) is 18.5. The molecule has 38 heavy (non-hydrogen) atoms. The van der Waals surface area contributed by atoms with Gasteiger partial charge in [-0.3, -0.25) is 10.2 Å². The van der Waals surface area contributed by atoms with Gasteiger partial charge in [0.05, 0.1) is 11.7 Å². The van der Waals surface area contributed by atoms with Crippen molar-refractivity contribution in [3.8, 4) is 0 Å². The molecule has 5 rings (SSSR count). The minimum atomic E-state index is -2.01. The fraction of sp³-hybridized carbons (Fsp3) is 0.226. The number of hydrogen-bond acceptors (Lipinski definition) is 4. The molecule has 1 aromatic heterocycles. The lowest BCUT2D eigenvalue weighted by atomic mass is 9.85. The van der Waals surface area contributed by atoms with Gasteiger partial charge in [-0.15, -0.1) is 11.3 Å². The smallest absolute Gasteiger partial charge is 0.341 e. The molecule has 1 heterocycles. The van der Waals surface area contributed by atoms with Crippen molar-refractivity contribution in [2.24, 2.45) is 0 Å². The minimum absolute atomic E-state index is 0.406. The first-order valence-electron chi connectivity index (χ1n) is 12.9. The molecule has 1 atom stereocenters. The number of thiophene rings is 1. The van der Waals surface area contributed by atoms with Crippen molar-refractivity contribution in [1.82, 2.24) is 10.4 Å². The van der Waals surface area contributed by atoms with Crippen molar-refractivity contribution < 1.29 is 14.7 Å². The molecule has 6 nitrogen and oxygen atoms in total. The fourth-order valence-electron chi connectivity index (χ4n) is 4.96. The van der Waals surface area contributed by atoms with Gasteiger partial charge in [-0.05, 0) is 54.9 Å². The van der Waals surface area contributed by atoms with E-state index < -0.39 is 23.6 Å². The summed E-state index contributed by atoms with van der Waals surface area (Å²) >= 11 is 1.66. The van der Waals surface area contributed by atoms with Gasteiger partial charge in [0.15, 0.2) is 5.60 Å². The monoisotopic (exact) mass is 525 g/mol. The van der Waals surface area contributed by atoms with Crippen molar-refractivity contribution in [1.29, 1.82) is 0 Å². The Balaban J connectivity index is 1.49. The highest BCUT2D eigenvalue weighted by atomic mass is 32.1. The van der Waals surface area contributed by atoms with E-state index in [0.29, 0.717) is 11.1 Å². The molecule has 7 heteroatoms. The van der Waals surface area contributed by atoms with Gasteiger partial charge in [-0.1, -0.05) is 91.0 Å². The number of benzene rings is 3. The van der Waals surface area contributed by atoms with Crippen molar-refractivity contribution in [3.05, 3.63) is 124 Å². The van der Waals surface area contributed by atoms with Crippen LogP contribution in [0.25, 0.3) is 0 Å². The molecule has 1 aliphatic carbocycles. The van der Waals surface area contributed by atoms with Crippen LogP contribution in [0.4, 0.5) is 10.5 Å². The number of hydrazine groups is 1. The van der Waals surface area contributed by atoms with E-state index in [4.69, 9.17) is 0 Å². The first kappa shape index (κ1) is 25.7. The summed E-state index contributed by atoms with van der Waals surface area (Å²) in [5, 5.41) is 18.2. The summed E-state index contributed by atoms with van der Waals surface area (Å²) in [5.41, 5.74) is 4.39. The van der Waals surface area contributed by atoms with Gasteiger partial charge in [-0.25, -0.2) is 9.80 Å². The topological polar surface area (TPSA) is 81.7 Å². The zero-order valence-electron chi connectivity index (χ0n) is 21.3. The number of rotatable bonds is 6. The SMILES string of the molecule is C[C@H](c1ccccc1)N(NC(=O)C(O)(c1ccccc1)c1ccccc1)C(=O)Nc1csc2c1CCCC2. The van der Waals surface area contributed by atoms with E-state index in [1.54, 1.807) is 59.9 Å². The minimum Gasteiger partial charge on any atom is -0.372 e. The van der Waals surface area contributed by atoms with Crippen LogP contribution in [0.15, 0.2) is 96.4 Å². The van der Waals surface area contributed by atoms with Crippen molar-refractivity contribution in [3.63, 3.8) is 0 Å². The molecule has 0 aliphatic heterocycles. The second-order valence-electron chi connectivity index (χ2n) is 9.53. The molecule has 194 valence electrons. The van der Waals surface area contributed by atoms with Gasteiger partial charge >= 0.3 is 6.03 Å². The van der Waals surface area contributed by atoms with Crippen LogP contribution in [-0.2, 0) is 23.2 Å². The lowest BCUT2D eigenvalue weighted by molar-refractivity contribution is -0.141.